The molecule has 0 aromatic heterocycles. The SMILES string of the molecule is CC(C)CCC(=O)OCC(=O)N1CC(=O)Nc2ccccc21. The standard InChI is InChI=1S/C16H20N2O4/c1-11(2)7-8-16(21)22-10-15(20)18-9-14(19)17-12-5-3-4-6-13(12)18/h3-6,11H,7-10H2,1-2H3,(H,17,19). The molecule has 0 spiro atoms. The van der Waals surface area contributed by atoms with Gasteiger partial charge in [0.15, 0.2) is 6.61 Å². The van der Waals surface area contributed by atoms with Gasteiger partial charge in [-0.25, -0.2) is 0 Å². The van der Waals surface area contributed by atoms with E-state index in [-0.39, 0.29) is 19.1 Å². The average molecular weight is 304 g/mol. The van der Waals surface area contributed by atoms with E-state index in [0.717, 1.165) is 6.42 Å². The summed E-state index contributed by atoms with van der Waals surface area (Å²) in [5.74, 6) is -0.656. The Morgan fingerprint density at radius 2 is 2.05 bits per heavy atom. The van der Waals surface area contributed by atoms with Crippen LogP contribution in [0.4, 0.5) is 11.4 Å². The molecule has 0 saturated heterocycles. The van der Waals surface area contributed by atoms with Crippen molar-refractivity contribution < 1.29 is 19.1 Å². The van der Waals surface area contributed by atoms with Crippen LogP contribution < -0.4 is 10.2 Å². The number of carbonyl (C=O) groups is 3. The van der Waals surface area contributed by atoms with Crippen LogP contribution in [0.2, 0.25) is 0 Å². The number of ether oxygens (including phenoxy) is 1. The van der Waals surface area contributed by atoms with E-state index in [9.17, 15) is 14.4 Å². The highest BCUT2D eigenvalue weighted by Crippen LogP contribution is 2.28. The molecule has 6 heteroatoms. The van der Waals surface area contributed by atoms with Crippen LogP contribution >= 0.6 is 0 Å². The molecule has 22 heavy (non-hydrogen) atoms. The Balaban J connectivity index is 1.95. The van der Waals surface area contributed by atoms with E-state index < -0.39 is 11.9 Å². The summed E-state index contributed by atoms with van der Waals surface area (Å²) in [7, 11) is 0. The van der Waals surface area contributed by atoms with Crippen molar-refractivity contribution >= 4 is 29.2 Å². The minimum Gasteiger partial charge on any atom is -0.456 e. The third-order valence-corrected chi connectivity index (χ3v) is 3.35. The van der Waals surface area contributed by atoms with E-state index in [1.807, 2.05) is 13.8 Å². The molecular formula is C16H20N2O4. The summed E-state index contributed by atoms with van der Waals surface area (Å²) in [6, 6.07) is 7.03. The Morgan fingerprint density at radius 1 is 1.32 bits per heavy atom. The van der Waals surface area contributed by atoms with Crippen LogP contribution in [-0.4, -0.2) is 30.9 Å². The summed E-state index contributed by atoms with van der Waals surface area (Å²) in [6.45, 7) is 3.61. The van der Waals surface area contributed by atoms with Gasteiger partial charge in [-0.3, -0.25) is 19.3 Å². The number of nitrogens with zero attached hydrogens (tertiary/aromatic N) is 1. The van der Waals surface area contributed by atoms with Crippen molar-refractivity contribution in [3.63, 3.8) is 0 Å². The first kappa shape index (κ1) is 16.0. The number of rotatable bonds is 5. The van der Waals surface area contributed by atoms with E-state index in [0.29, 0.717) is 23.7 Å². The Bertz CT molecular complexity index is 583. The highest BCUT2D eigenvalue weighted by atomic mass is 16.5. The molecule has 2 amide bonds. The first-order valence-electron chi connectivity index (χ1n) is 7.32. The Morgan fingerprint density at radius 3 is 2.77 bits per heavy atom. The molecule has 1 aromatic carbocycles. The number of hydrogen-bond acceptors (Lipinski definition) is 4. The second-order valence-corrected chi connectivity index (χ2v) is 5.64. The van der Waals surface area contributed by atoms with Gasteiger partial charge in [-0.1, -0.05) is 26.0 Å². The zero-order chi connectivity index (χ0) is 16.1. The second-order valence-electron chi connectivity index (χ2n) is 5.64. The molecule has 0 unspecified atom stereocenters. The van der Waals surface area contributed by atoms with Crippen molar-refractivity contribution in [2.75, 3.05) is 23.4 Å². The normalized spacial score (nSPS) is 13.6. The Kier molecular flexibility index (Phi) is 5.14. The van der Waals surface area contributed by atoms with Gasteiger partial charge in [0.05, 0.1) is 11.4 Å². The lowest BCUT2D eigenvalue weighted by atomic mass is 10.1. The molecule has 0 atom stereocenters. The third kappa shape index (κ3) is 4.07. The van der Waals surface area contributed by atoms with Crippen LogP contribution in [0.25, 0.3) is 0 Å². The van der Waals surface area contributed by atoms with E-state index >= 15 is 0 Å². The summed E-state index contributed by atoms with van der Waals surface area (Å²) in [5, 5.41) is 2.70. The van der Waals surface area contributed by atoms with Crippen molar-refractivity contribution in [2.45, 2.75) is 26.7 Å². The predicted octanol–water partition coefficient (Wildman–Crippen LogP) is 1.95. The number of amides is 2. The van der Waals surface area contributed by atoms with Gasteiger partial charge in [0, 0.05) is 6.42 Å². The molecular weight excluding hydrogens is 284 g/mol. The Labute approximate surface area is 129 Å². The molecule has 2 rings (SSSR count). The maximum atomic E-state index is 12.2. The fraction of sp³-hybridized carbons (Fsp3) is 0.438. The molecule has 0 saturated carbocycles. The summed E-state index contributed by atoms with van der Waals surface area (Å²) in [4.78, 5) is 36.8. The van der Waals surface area contributed by atoms with Crippen LogP contribution in [0.3, 0.4) is 0 Å². The van der Waals surface area contributed by atoms with Gasteiger partial charge >= 0.3 is 5.97 Å². The molecule has 0 bridgehead atoms. The van der Waals surface area contributed by atoms with Crippen LogP contribution in [-0.2, 0) is 19.1 Å². The number of hydrogen-bond donors (Lipinski definition) is 1. The van der Waals surface area contributed by atoms with Crippen LogP contribution in [0.15, 0.2) is 24.3 Å². The lowest BCUT2D eigenvalue weighted by molar-refractivity contribution is -0.148. The molecule has 0 aliphatic carbocycles. The summed E-state index contributed by atoms with van der Waals surface area (Å²) >= 11 is 0. The predicted molar refractivity (Wildman–Crippen MR) is 82.5 cm³/mol. The largest absolute Gasteiger partial charge is 0.456 e. The first-order valence-corrected chi connectivity index (χ1v) is 7.32. The quantitative estimate of drug-likeness (QED) is 0.844. The van der Waals surface area contributed by atoms with E-state index in [1.165, 1.54) is 4.90 Å². The van der Waals surface area contributed by atoms with Gasteiger partial charge < -0.3 is 10.1 Å². The lowest BCUT2D eigenvalue weighted by Crippen LogP contribution is -2.44. The molecule has 1 aliphatic heterocycles. The van der Waals surface area contributed by atoms with Crippen molar-refractivity contribution in [1.29, 1.82) is 0 Å². The van der Waals surface area contributed by atoms with E-state index in [2.05, 4.69) is 5.32 Å². The minimum atomic E-state index is -0.403. The van der Waals surface area contributed by atoms with Crippen molar-refractivity contribution in [1.82, 2.24) is 0 Å². The summed E-state index contributed by atoms with van der Waals surface area (Å²) in [5.41, 5.74) is 1.20. The summed E-state index contributed by atoms with van der Waals surface area (Å²) in [6.07, 6.45) is 1.02. The molecule has 1 aliphatic rings. The van der Waals surface area contributed by atoms with E-state index in [1.54, 1.807) is 24.3 Å². The van der Waals surface area contributed by atoms with Gasteiger partial charge in [-0.05, 0) is 24.5 Å². The van der Waals surface area contributed by atoms with Crippen molar-refractivity contribution in [3.05, 3.63) is 24.3 Å². The highest BCUT2D eigenvalue weighted by molar-refractivity contribution is 6.10. The topological polar surface area (TPSA) is 75.7 Å². The lowest BCUT2D eigenvalue weighted by Gasteiger charge is -2.28. The third-order valence-electron chi connectivity index (χ3n) is 3.35. The highest BCUT2D eigenvalue weighted by Gasteiger charge is 2.27. The fourth-order valence-corrected chi connectivity index (χ4v) is 2.15. The smallest absolute Gasteiger partial charge is 0.306 e. The number of nitrogens with one attached hydrogen (secondary N) is 1. The maximum Gasteiger partial charge on any atom is 0.306 e. The molecule has 1 N–H and O–H groups in total. The number of fused-ring (bicyclic) bond motifs is 1. The molecule has 6 nitrogen and oxygen atoms in total. The number of carbonyl (C=O) groups excluding carboxylic acids is 3. The van der Waals surface area contributed by atoms with Gasteiger partial charge in [-0.15, -0.1) is 0 Å². The first-order chi connectivity index (χ1) is 10.5. The fourth-order valence-electron chi connectivity index (χ4n) is 2.15. The number of anilines is 2. The van der Waals surface area contributed by atoms with Crippen LogP contribution in [0.5, 0.6) is 0 Å². The number of benzene rings is 1. The van der Waals surface area contributed by atoms with Crippen LogP contribution in [0, 0.1) is 5.92 Å². The summed E-state index contributed by atoms with van der Waals surface area (Å²) < 4.78 is 5.00. The maximum absolute atomic E-state index is 12.2. The molecule has 1 aromatic rings. The molecule has 0 fully saturated rings. The molecule has 118 valence electrons. The molecule has 0 radical (unpaired) electrons. The van der Waals surface area contributed by atoms with Crippen molar-refractivity contribution in [3.8, 4) is 0 Å². The monoisotopic (exact) mass is 304 g/mol. The second kappa shape index (κ2) is 7.06. The zero-order valence-electron chi connectivity index (χ0n) is 12.8. The zero-order valence-corrected chi connectivity index (χ0v) is 12.8. The number of para-hydroxylation sites is 2. The van der Waals surface area contributed by atoms with E-state index in [4.69, 9.17) is 4.74 Å². The van der Waals surface area contributed by atoms with Gasteiger partial charge in [-0.2, -0.15) is 0 Å². The Hall–Kier alpha value is -2.37. The minimum absolute atomic E-state index is 0.0700. The van der Waals surface area contributed by atoms with Gasteiger partial charge in [0.1, 0.15) is 6.54 Å². The van der Waals surface area contributed by atoms with Gasteiger partial charge in [0.25, 0.3) is 5.91 Å². The average Bonchev–Trinajstić information content (AvgIpc) is 2.49. The van der Waals surface area contributed by atoms with Crippen LogP contribution in [0.1, 0.15) is 26.7 Å². The van der Waals surface area contributed by atoms with Gasteiger partial charge in [0.2, 0.25) is 5.91 Å². The molecule has 1 heterocycles. The number of esters is 1. The van der Waals surface area contributed by atoms with Crippen molar-refractivity contribution in [2.24, 2.45) is 5.92 Å².